The SMILES string of the molecule is COCCN(C)c1ccc(CN2CCCNCC2)cn1. The third-order valence-corrected chi connectivity index (χ3v) is 3.67. The highest BCUT2D eigenvalue weighted by Crippen LogP contribution is 2.11. The lowest BCUT2D eigenvalue weighted by molar-refractivity contribution is 0.206. The molecule has 1 N–H and O–H groups in total. The first-order valence-corrected chi connectivity index (χ1v) is 7.37. The van der Waals surface area contributed by atoms with Gasteiger partial charge in [0.25, 0.3) is 0 Å². The van der Waals surface area contributed by atoms with E-state index in [1.165, 1.54) is 18.5 Å². The van der Waals surface area contributed by atoms with E-state index >= 15 is 0 Å². The maximum absolute atomic E-state index is 5.09. The van der Waals surface area contributed by atoms with E-state index in [4.69, 9.17) is 4.74 Å². The molecule has 2 rings (SSSR count). The summed E-state index contributed by atoms with van der Waals surface area (Å²) in [4.78, 5) is 9.15. The number of aromatic nitrogens is 1. The van der Waals surface area contributed by atoms with E-state index in [0.717, 1.165) is 45.1 Å². The highest BCUT2D eigenvalue weighted by Gasteiger charge is 2.09. The van der Waals surface area contributed by atoms with Crippen molar-refractivity contribution in [3.63, 3.8) is 0 Å². The van der Waals surface area contributed by atoms with Crippen LogP contribution >= 0.6 is 0 Å². The van der Waals surface area contributed by atoms with E-state index in [1.54, 1.807) is 7.11 Å². The molecule has 1 saturated heterocycles. The van der Waals surface area contributed by atoms with Crippen LogP contribution in [0.2, 0.25) is 0 Å². The Morgan fingerprint density at radius 1 is 1.35 bits per heavy atom. The standard InChI is InChI=1S/C15H26N4O/c1-18(10-11-20-2)15-5-4-14(12-17-15)13-19-8-3-6-16-7-9-19/h4-5,12,16H,3,6-11,13H2,1-2H3. The molecule has 0 unspecified atom stereocenters. The third-order valence-electron chi connectivity index (χ3n) is 3.67. The summed E-state index contributed by atoms with van der Waals surface area (Å²) in [5, 5.41) is 3.43. The Hall–Kier alpha value is -1.17. The number of pyridine rings is 1. The minimum Gasteiger partial charge on any atom is -0.383 e. The summed E-state index contributed by atoms with van der Waals surface area (Å²) in [5.41, 5.74) is 1.29. The normalized spacial score (nSPS) is 16.9. The van der Waals surface area contributed by atoms with Crippen LogP contribution in [-0.4, -0.2) is 63.4 Å². The van der Waals surface area contributed by atoms with Gasteiger partial charge in [-0.05, 0) is 31.1 Å². The molecule has 0 aromatic carbocycles. The minimum atomic E-state index is 0.723. The van der Waals surface area contributed by atoms with Gasteiger partial charge in [-0.3, -0.25) is 4.90 Å². The second kappa shape index (κ2) is 8.19. The zero-order chi connectivity index (χ0) is 14.2. The van der Waals surface area contributed by atoms with Crippen molar-refractivity contribution in [3.05, 3.63) is 23.9 Å². The lowest BCUT2D eigenvalue weighted by Gasteiger charge is -2.20. The molecular weight excluding hydrogens is 252 g/mol. The zero-order valence-electron chi connectivity index (χ0n) is 12.6. The van der Waals surface area contributed by atoms with E-state index in [-0.39, 0.29) is 0 Å². The summed E-state index contributed by atoms with van der Waals surface area (Å²) in [5.74, 6) is 1.00. The zero-order valence-corrected chi connectivity index (χ0v) is 12.6. The second-order valence-electron chi connectivity index (χ2n) is 5.32. The molecule has 0 bridgehead atoms. The van der Waals surface area contributed by atoms with Gasteiger partial charge in [0.1, 0.15) is 5.82 Å². The average molecular weight is 278 g/mol. The molecule has 5 nitrogen and oxygen atoms in total. The first-order chi connectivity index (χ1) is 9.79. The molecule has 5 heteroatoms. The molecule has 1 fully saturated rings. The van der Waals surface area contributed by atoms with Gasteiger partial charge < -0.3 is 15.0 Å². The average Bonchev–Trinajstić information content (AvgIpc) is 2.74. The molecule has 1 aromatic heterocycles. The number of hydrogen-bond acceptors (Lipinski definition) is 5. The van der Waals surface area contributed by atoms with Gasteiger partial charge in [-0.2, -0.15) is 0 Å². The monoisotopic (exact) mass is 278 g/mol. The number of anilines is 1. The highest BCUT2D eigenvalue weighted by atomic mass is 16.5. The Bertz CT molecular complexity index is 374. The van der Waals surface area contributed by atoms with Crippen LogP contribution in [0, 0.1) is 0 Å². The van der Waals surface area contributed by atoms with Crippen LogP contribution in [0.5, 0.6) is 0 Å². The number of nitrogens with zero attached hydrogens (tertiary/aromatic N) is 3. The van der Waals surface area contributed by atoms with E-state index in [2.05, 4.69) is 32.2 Å². The molecule has 0 radical (unpaired) electrons. The topological polar surface area (TPSA) is 40.6 Å². The molecule has 0 aliphatic carbocycles. The summed E-state index contributed by atoms with van der Waals surface area (Å²) in [7, 11) is 3.77. The number of hydrogen-bond donors (Lipinski definition) is 1. The number of methoxy groups -OCH3 is 1. The fraction of sp³-hybridized carbons (Fsp3) is 0.667. The van der Waals surface area contributed by atoms with Crippen molar-refractivity contribution < 1.29 is 4.74 Å². The summed E-state index contributed by atoms with van der Waals surface area (Å²) in [6, 6.07) is 4.28. The highest BCUT2D eigenvalue weighted by molar-refractivity contribution is 5.38. The number of nitrogens with one attached hydrogen (secondary N) is 1. The van der Waals surface area contributed by atoms with Crippen LogP contribution in [0.4, 0.5) is 5.82 Å². The quantitative estimate of drug-likeness (QED) is 0.839. The first kappa shape index (κ1) is 15.2. The van der Waals surface area contributed by atoms with Crippen LogP contribution in [0.1, 0.15) is 12.0 Å². The molecule has 0 saturated carbocycles. The third kappa shape index (κ3) is 4.74. The summed E-state index contributed by atoms with van der Waals surface area (Å²) in [6.45, 7) is 7.10. The maximum Gasteiger partial charge on any atom is 0.128 e. The van der Waals surface area contributed by atoms with Gasteiger partial charge in [0.05, 0.1) is 6.61 Å². The predicted octanol–water partition coefficient (Wildman–Crippen LogP) is 0.960. The Labute approximate surface area is 121 Å². The molecule has 20 heavy (non-hydrogen) atoms. The molecule has 1 aliphatic rings. The van der Waals surface area contributed by atoms with Crippen molar-refractivity contribution in [2.24, 2.45) is 0 Å². The van der Waals surface area contributed by atoms with Crippen molar-refractivity contribution in [2.45, 2.75) is 13.0 Å². The first-order valence-electron chi connectivity index (χ1n) is 7.37. The van der Waals surface area contributed by atoms with Gasteiger partial charge in [-0.15, -0.1) is 0 Å². The summed E-state index contributed by atoms with van der Waals surface area (Å²) >= 11 is 0. The molecule has 112 valence electrons. The van der Waals surface area contributed by atoms with Crippen LogP contribution in [-0.2, 0) is 11.3 Å². The van der Waals surface area contributed by atoms with Gasteiger partial charge >= 0.3 is 0 Å². The van der Waals surface area contributed by atoms with Gasteiger partial charge in [0.15, 0.2) is 0 Å². The minimum absolute atomic E-state index is 0.723. The van der Waals surface area contributed by atoms with Crippen molar-refractivity contribution >= 4 is 5.82 Å². The Morgan fingerprint density at radius 2 is 2.25 bits per heavy atom. The fourth-order valence-corrected chi connectivity index (χ4v) is 2.40. The maximum atomic E-state index is 5.09. The van der Waals surface area contributed by atoms with Crippen molar-refractivity contribution in [2.75, 3.05) is 58.4 Å². The van der Waals surface area contributed by atoms with Gasteiger partial charge in [0.2, 0.25) is 0 Å². The lowest BCUT2D eigenvalue weighted by atomic mass is 10.2. The van der Waals surface area contributed by atoms with Gasteiger partial charge in [-0.1, -0.05) is 6.07 Å². The summed E-state index contributed by atoms with van der Waals surface area (Å²) < 4.78 is 5.09. The van der Waals surface area contributed by atoms with E-state index < -0.39 is 0 Å². The molecule has 0 atom stereocenters. The number of rotatable bonds is 6. The molecule has 0 amide bonds. The Kier molecular flexibility index (Phi) is 6.24. The molecule has 0 spiro atoms. The van der Waals surface area contributed by atoms with E-state index in [9.17, 15) is 0 Å². The van der Waals surface area contributed by atoms with Crippen LogP contribution in [0.25, 0.3) is 0 Å². The molecule has 1 aliphatic heterocycles. The second-order valence-corrected chi connectivity index (χ2v) is 5.32. The van der Waals surface area contributed by atoms with Crippen LogP contribution in [0.15, 0.2) is 18.3 Å². The van der Waals surface area contributed by atoms with E-state index in [1.807, 2.05) is 13.2 Å². The van der Waals surface area contributed by atoms with E-state index in [0.29, 0.717) is 0 Å². The molecule has 1 aromatic rings. The van der Waals surface area contributed by atoms with Crippen molar-refractivity contribution in [1.29, 1.82) is 0 Å². The van der Waals surface area contributed by atoms with Crippen LogP contribution < -0.4 is 10.2 Å². The Morgan fingerprint density at radius 3 is 3.00 bits per heavy atom. The molecule has 2 heterocycles. The largest absolute Gasteiger partial charge is 0.383 e. The smallest absolute Gasteiger partial charge is 0.128 e. The lowest BCUT2D eigenvalue weighted by Crippen LogP contribution is -2.27. The van der Waals surface area contributed by atoms with Crippen molar-refractivity contribution in [1.82, 2.24) is 15.2 Å². The Balaban J connectivity index is 1.87. The molecular formula is C15H26N4O. The number of likely N-dealkylation sites (N-methyl/N-ethyl adjacent to an activating group) is 1. The van der Waals surface area contributed by atoms with Crippen LogP contribution in [0.3, 0.4) is 0 Å². The predicted molar refractivity (Wildman–Crippen MR) is 82.1 cm³/mol. The summed E-state index contributed by atoms with van der Waals surface area (Å²) in [6.07, 6.45) is 3.22. The van der Waals surface area contributed by atoms with Crippen molar-refractivity contribution in [3.8, 4) is 0 Å². The van der Waals surface area contributed by atoms with Gasteiger partial charge in [-0.25, -0.2) is 4.98 Å². The number of ether oxygens (including phenoxy) is 1. The van der Waals surface area contributed by atoms with Gasteiger partial charge in [0, 0.05) is 46.5 Å². The fourth-order valence-electron chi connectivity index (χ4n) is 2.40.